The fourth-order valence-corrected chi connectivity index (χ4v) is 6.46. The number of aromatic nitrogens is 2. The number of aryl methyl sites for hydroxylation is 1. The van der Waals surface area contributed by atoms with Crippen molar-refractivity contribution < 1.29 is 4.57 Å². The Morgan fingerprint density at radius 3 is 1.72 bits per heavy atom. The van der Waals surface area contributed by atoms with E-state index in [0.717, 1.165) is 19.4 Å². The van der Waals surface area contributed by atoms with Crippen molar-refractivity contribution in [2.75, 3.05) is 0 Å². The minimum Gasteiger partial charge on any atom is -0.237 e. The van der Waals surface area contributed by atoms with Gasteiger partial charge in [-0.15, -0.1) is 0 Å². The van der Waals surface area contributed by atoms with E-state index in [9.17, 15) is 0 Å². The number of nitrogens with zero attached hydrogens (tertiary/aromatic N) is 2. The van der Waals surface area contributed by atoms with Gasteiger partial charge in [-0.25, -0.2) is 9.13 Å². The summed E-state index contributed by atoms with van der Waals surface area (Å²) in [6.45, 7) is 8.23. The van der Waals surface area contributed by atoms with E-state index >= 15 is 0 Å². The summed E-state index contributed by atoms with van der Waals surface area (Å²) in [6, 6.07) is 22.6. The SMILES string of the molecule is CCCCCCCCCCCCCCCC[n+]1ccn(C(CC)C(C)(Cc2ccccc2)c2ccccc2)c1. The maximum Gasteiger partial charge on any atom is 0.244 e. The fourth-order valence-electron chi connectivity index (χ4n) is 6.46. The topological polar surface area (TPSA) is 8.81 Å². The van der Waals surface area contributed by atoms with Gasteiger partial charge in [0, 0.05) is 5.41 Å². The highest BCUT2D eigenvalue weighted by atomic mass is 15.1. The number of benzene rings is 2. The highest BCUT2D eigenvalue weighted by Crippen LogP contribution is 2.40. The van der Waals surface area contributed by atoms with Crippen LogP contribution < -0.4 is 4.57 Å². The Labute approximate surface area is 240 Å². The Bertz CT molecular complexity index is 993. The van der Waals surface area contributed by atoms with E-state index < -0.39 is 0 Å². The van der Waals surface area contributed by atoms with E-state index in [0.29, 0.717) is 6.04 Å². The lowest BCUT2D eigenvalue weighted by molar-refractivity contribution is -0.697. The first-order chi connectivity index (χ1) is 19.2. The van der Waals surface area contributed by atoms with Gasteiger partial charge < -0.3 is 0 Å². The Morgan fingerprint density at radius 2 is 1.18 bits per heavy atom. The lowest BCUT2D eigenvalue weighted by Crippen LogP contribution is -2.37. The second kappa shape index (κ2) is 18.1. The van der Waals surface area contributed by atoms with Crippen molar-refractivity contribution in [2.45, 2.75) is 142 Å². The Kier molecular flexibility index (Phi) is 14.5. The highest BCUT2D eigenvalue weighted by Gasteiger charge is 2.39. The first-order valence-electron chi connectivity index (χ1n) is 16.3. The first kappa shape index (κ1) is 31.2. The molecule has 214 valence electrons. The van der Waals surface area contributed by atoms with Crippen molar-refractivity contribution in [2.24, 2.45) is 0 Å². The van der Waals surface area contributed by atoms with Gasteiger partial charge in [0.1, 0.15) is 18.4 Å². The van der Waals surface area contributed by atoms with Crippen molar-refractivity contribution in [3.05, 3.63) is 90.5 Å². The molecule has 0 spiro atoms. The molecule has 2 unspecified atom stereocenters. The Balaban J connectivity index is 1.42. The van der Waals surface area contributed by atoms with Gasteiger partial charge in [-0.3, -0.25) is 0 Å². The average molecular weight is 530 g/mol. The molecule has 0 bridgehead atoms. The van der Waals surface area contributed by atoms with Gasteiger partial charge in [0.2, 0.25) is 6.33 Å². The van der Waals surface area contributed by atoms with Crippen LogP contribution in [-0.2, 0) is 18.4 Å². The number of imidazole rings is 1. The summed E-state index contributed by atoms with van der Waals surface area (Å²) < 4.78 is 4.90. The minimum absolute atomic E-state index is 0.0171. The van der Waals surface area contributed by atoms with Crippen molar-refractivity contribution in [1.82, 2.24) is 4.57 Å². The molecule has 0 aliphatic rings. The molecule has 0 N–H and O–H groups in total. The van der Waals surface area contributed by atoms with Crippen LogP contribution >= 0.6 is 0 Å². The molecule has 3 rings (SSSR count). The molecule has 1 aromatic heterocycles. The zero-order valence-electron chi connectivity index (χ0n) is 25.5. The summed E-state index contributed by atoms with van der Waals surface area (Å²) in [5, 5.41) is 0. The molecule has 0 saturated heterocycles. The molecular weight excluding hydrogens is 472 g/mol. The van der Waals surface area contributed by atoms with E-state index in [4.69, 9.17) is 0 Å². The van der Waals surface area contributed by atoms with Gasteiger partial charge in [-0.1, -0.05) is 158 Å². The summed E-state index contributed by atoms with van der Waals surface area (Å²) in [5.41, 5.74) is 2.85. The van der Waals surface area contributed by atoms with Gasteiger partial charge in [-0.2, -0.15) is 0 Å². The molecular formula is C37H57N2+. The van der Waals surface area contributed by atoms with Crippen LogP contribution in [0.2, 0.25) is 0 Å². The molecule has 2 aromatic carbocycles. The lowest BCUT2D eigenvalue weighted by atomic mass is 9.70. The van der Waals surface area contributed by atoms with Crippen LogP contribution in [0.1, 0.15) is 134 Å². The maximum absolute atomic E-state index is 2.49. The molecule has 0 radical (unpaired) electrons. The summed E-state index contributed by atoms with van der Waals surface area (Å²) in [4.78, 5) is 0. The monoisotopic (exact) mass is 529 g/mol. The van der Waals surface area contributed by atoms with Gasteiger partial charge >= 0.3 is 0 Å². The Hall–Kier alpha value is -2.35. The smallest absolute Gasteiger partial charge is 0.237 e. The first-order valence-corrected chi connectivity index (χ1v) is 16.3. The molecule has 2 atom stereocenters. The molecule has 1 heterocycles. The van der Waals surface area contributed by atoms with Crippen LogP contribution in [0.25, 0.3) is 0 Å². The zero-order chi connectivity index (χ0) is 27.6. The third-order valence-electron chi connectivity index (χ3n) is 8.81. The molecule has 0 fully saturated rings. The molecule has 39 heavy (non-hydrogen) atoms. The van der Waals surface area contributed by atoms with Crippen LogP contribution in [-0.4, -0.2) is 4.57 Å². The lowest BCUT2D eigenvalue weighted by Gasteiger charge is -2.36. The van der Waals surface area contributed by atoms with Gasteiger partial charge in [0.15, 0.2) is 0 Å². The van der Waals surface area contributed by atoms with Crippen molar-refractivity contribution >= 4 is 0 Å². The van der Waals surface area contributed by atoms with Crippen LogP contribution in [0, 0.1) is 0 Å². The number of unbranched alkanes of at least 4 members (excludes halogenated alkanes) is 13. The number of hydrogen-bond acceptors (Lipinski definition) is 0. The molecule has 0 amide bonds. The molecule has 2 nitrogen and oxygen atoms in total. The number of hydrogen-bond donors (Lipinski definition) is 0. The van der Waals surface area contributed by atoms with Gasteiger partial charge in [-0.05, 0) is 36.8 Å². The van der Waals surface area contributed by atoms with E-state index in [1.54, 1.807) is 0 Å². The molecule has 0 saturated carbocycles. The minimum atomic E-state index is 0.0171. The van der Waals surface area contributed by atoms with Crippen molar-refractivity contribution in [3.63, 3.8) is 0 Å². The summed E-state index contributed by atoms with van der Waals surface area (Å²) in [7, 11) is 0. The second-order valence-corrected chi connectivity index (χ2v) is 12.1. The molecule has 0 aliphatic carbocycles. The van der Waals surface area contributed by atoms with Gasteiger partial charge in [0.25, 0.3) is 0 Å². The molecule has 3 aromatic rings. The predicted octanol–water partition coefficient (Wildman–Crippen LogP) is 10.4. The predicted molar refractivity (Wildman–Crippen MR) is 168 cm³/mol. The van der Waals surface area contributed by atoms with Crippen LogP contribution in [0.15, 0.2) is 79.4 Å². The van der Waals surface area contributed by atoms with E-state index in [1.807, 2.05) is 0 Å². The fraction of sp³-hybridized carbons (Fsp3) is 0.595. The number of rotatable bonds is 21. The van der Waals surface area contributed by atoms with Crippen molar-refractivity contribution in [1.29, 1.82) is 0 Å². The molecule has 2 heteroatoms. The quantitative estimate of drug-likeness (QED) is 0.0958. The van der Waals surface area contributed by atoms with Crippen LogP contribution in [0.5, 0.6) is 0 Å². The summed E-state index contributed by atoms with van der Waals surface area (Å²) >= 11 is 0. The van der Waals surface area contributed by atoms with Gasteiger partial charge in [0.05, 0.1) is 6.54 Å². The van der Waals surface area contributed by atoms with Crippen LogP contribution in [0.3, 0.4) is 0 Å². The van der Waals surface area contributed by atoms with E-state index in [-0.39, 0.29) is 5.41 Å². The highest BCUT2D eigenvalue weighted by molar-refractivity contribution is 5.30. The molecule has 0 aliphatic heterocycles. The largest absolute Gasteiger partial charge is 0.244 e. The standard InChI is InChI=1S/C37H57N2/c1-4-6-7-8-9-10-11-12-13-14-15-16-17-24-29-38-30-31-39(33-38)36(5-2)37(3,35-27-22-19-23-28-35)32-34-25-20-18-21-26-34/h18-23,25-28,30-31,33,36H,4-17,24,29,32H2,1-3H3/q+1. The normalized spacial score (nSPS) is 13.8. The third-order valence-corrected chi connectivity index (χ3v) is 8.81. The second-order valence-electron chi connectivity index (χ2n) is 12.1. The van der Waals surface area contributed by atoms with E-state index in [1.165, 1.54) is 101 Å². The summed E-state index contributed by atoms with van der Waals surface area (Å²) in [5.74, 6) is 0. The van der Waals surface area contributed by atoms with Crippen molar-refractivity contribution in [3.8, 4) is 0 Å². The zero-order valence-corrected chi connectivity index (χ0v) is 25.5. The average Bonchev–Trinajstić information content (AvgIpc) is 3.43. The summed E-state index contributed by atoms with van der Waals surface area (Å²) in [6.07, 6.45) is 28.9. The maximum atomic E-state index is 2.49. The third kappa shape index (κ3) is 10.6. The van der Waals surface area contributed by atoms with Crippen LogP contribution in [0.4, 0.5) is 0 Å². The Morgan fingerprint density at radius 1 is 0.667 bits per heavy atom. The van der Waals surface area contributed by atoms with E-state index in [2.05, 4.69) is 109 Å².